The molecule has 1 rings (SSSR count). The molecule has 0 amide bonds. The minimum atomic E-state index is 0.403. The summed E-state index contributed by atoms with van der Waals surface area (Å²) >= 11 is 0. The number of hydrogen-bond donors (Lipinski definition) is 0. The van der Waals surface area contributed by atoms with Crippen molar-refractivity contribution in [2.24, 2.45) is 16.8 Å². The van der Waals surface area contributed by atoms with Gasteiger partial charge in [-0.05, 0) is 40.9 Å². The zero-order valence-electron chi connectivity index (χ0n) is 14.3. The molecule has 0 aliphatic carbocycles. The van der Waals surface area contributed by atoms with Crippen LogP contribution in [0, 0.1) is 11.8 Å². The fraction of sp³-hybridized carbons (Fsp3) is 0.632. The van der Waals surface area contributed by atoms with Gasteiger partial charge in [-0.3, -0.25) is 4.99 Å². The van der Waals surface area contributed by atoms with Gasteiger partial charge in [-0.1, -0.05) is 66.7 Å². The Morgan fingerprint density at radius 3 is 2.05 bits per heavy atom. The summed E-state index contributed by atoms with van der Waals surface area (Å²) in [7, 11) is 0. The smallest absolute Gasteiger partial charge is 0.0545 e. The van der Waals surface area contributed by atoms with Gasteiger partial charge >= 0.3 is 0 Å². The molecule has 0 radical (unpaired) electrons. The fourth-order valence-corrected chi connectivity index (χ4v) is 2.88. The van der Waals surface area contributed by atoms with Crippen LogP contribution in [-0.4, -0.2) is 12.3 Å². The summed E-state index contributed by atoms with van der Waals surface area (Å²) in [5.41, 5.74) is 4.17. The first kappa shape index (κ1) is 16.9. The Morgan fingerprint density at radius 2 is 1.60 bits per heavy atom. The maximum Gasteiger partial charge on any atom is 0.0545 e. The Labute approximate surface area is 125 Å². The number of nitrogens with zero attached hydrogens (tertiary/aromatic N) is 1. The van der Waals surface area contributed by atoms with E-state index < -0.39 is 0 Å². The van der Waals surface area contributed by atoms with E-state index in [1.54, 1.807) is 0 Å². The molecular formula is C19H31N. The number of aliphatic imine (C=N–C) groups is 1. The van der Waals surface area contributed by atoms with Crippen molar-refractivity contribution < 1.29 is 0 Å². The molecule has 0 fully saturated rings. The molecule has 0 N–H and O–H groups in total. The zero-order valence-corrected chi connectivity index (χ0v) is 14.3. The van der Waals surface area contributed by atoms with Gasteiger partial charge in [0.15, 0.2) is 0 Å². The maximum absolute atomic E-state index is 4.92. The maximum atomic E-state index is 4.92. The molecule has 0 bridgehead atoms. The van der Waals surface area contributed by atoms with Gasteiger partial charge in [-0.15, -0.1) is 0 Å². The van der Waals surface area contributed by atoms with Crippen LogP contribution in [0.15, 0.2) is 23.2 Å². The normalized spacial score (nSPS) is 12.6. The number of benzene rings is 1. The van der Waals surface area contributed by atoms with Crippen LogP contribution in [0.2, 0.25) is 0 Å². The molecule has 1 aromatic carbocycles. The van der Waals surface area contributed by atoms with Crippen molar-refractivity contribution in [2.75, 3.05) is 0 Å². The van der Waals surface area contributed by atoms with Crippen LogP contribution in [0.4, 0.5) is 0 Å². The van der Waals surface area contributed by atoms with Crippen LogP contribution in [0.1, 0.15) is 71.1 Å². The standard InChI is InChI=1S/C19H31N/c1-8-16-10-9-11-17(13(2)3)18(16)12-20-19(14(4)5)15(6)7/h9-15,19H,8H2,1-7H3/b20-12+. The first-order valence-electron chi connectivity index (χ1n) is 8.03. The Morgan fingerprint density at radius 1 is 1.00 bits per heavy atom. The summed E-state index contributed by atoms with van der Waals surface area (Å²) in [5, 5.41) is 0. The van der Waals surface area contributed by atoms with Gasteiger partial charge in [0.05, 0.1) is 6.04 Å². The van der Waals surface area contributed by atoms with Gasteiger partial charge in [0.25, 0.3) is 0 Å². The van der Waals surface area contributed by atoms with Gasteiger partial charge in [0.2, 0.25) is 0 Å². The van der Waals surface area contributed by atoms with E-state index in [0.717, 1.165) is 6.42 Å². The van der Waals surface area contributed by atoms with Crippen molar-refractivity contribution in [3.8, 4) is 0 Å². The van der Waals surface area contributed by atoms with Crippen LogP contribution < -0.4 is 0 Å². The summed E-state index contributed by atoms with van der Waals surface area (Å²) in [6.45, 7) is 15.8. The van der Waals surface area contributed by atoms with Gasteiger partial charge in [0, 0.05) is 6.21 Å². The lowest BCUT2D eigenvalue weighted by molar-refractivity contribution is 0.390. The van der Waals surface area contributed by atoms with E-state index in [1.165, 1.54) is 16.7 Å². The quantitative estimate of drug-likeness (QED) is 0.609. The average Bonchev–Trinajstić information content (AvgIpc) is 2.37. The molecule has 0 aromatic heterocycles. The number of hydrogen-bond acceptors (Lipinski definition) is 1. The van der Waals surface area contributed by atoms with E-state index in [1.807, 2.05) is 0 Å². The minimum Gasteiger partial charge on any atom is -0.289 e. The summed E-state index contributed by atoms with van der Waals surface area (Å²) in [6, 6.07) is 7.05. The molecular weight excluding hydrogens is 242 g/mol. The number of aryl methyl sites for hydroxylation is 1. The molecule has 0 saturated carbocycles. The third-order valence-corrected chi connectivity index (χ3v) is 3.97. The molecule has 0 aliphatic rings. The fourth-order valence-electron chi connectivity index (χ4n) is 2.88. The summed E-state index contributed by atoms with van der Waals surface area (Å²) in [4.78, 5) is 4.92. The van der Waals surface area contributed by atoms with Crippen molar-refractivity contribution in [1.29, 1.82) is 0 Å². The molecule has 0 saturated heterocycles. The van der Waals surface area contributed by atoms with Crippen LogP contribution in [0.5, 0.6) is 0 Å². The molecule has 0 aliphatic heterocycles. The molecule has 1 aromatic rings. The lowest BCUT2D eigenvalue weighted by atomic mass is 9.91. The second-order valence-electron chi connectivity index (χ2n) is 6.69. The minimum absolute atomic E-state index is 0.403. The summed E-state index contributed by atoms with van der Waals surface area (Å²) in [6.07, 6.45) is 3.20. The SMILES string of the molecule is CCc1cccc(C(C)C)c1/C=N/C(C(C)C)C(C)C. The van der Waals surface area contributed by atoms with E-state index in [0.29, 0.717) is 23.8 Å². The predicted octanol–water partition coefficient (Wildman–Crippen LogP) is 5.47. The first-order valence-corrected chi connectivity index (χ1v) is 8.03. The van der Waals surface area contributed by atoms with Crippen molar-refractivity contribution >= 4 is 6.21 Å². The third-order valence-electron chi connectivity index (χ3n) is 3.97. The van der Waals surface area contributed by atoms with Crippen LogP contribution in [0.3, 0.4) is 0 Å². The van der Waals surface area contributed by atoms with E-state index in [9.17, 15) is 0 Å². The van der Waals surface area contributed by atoms with Crippen molar-refractivity contribution in [3.05, 3.63) is 34.9 Å². The van der Waals surface area contributed by atoms with Gasteiger partial charge in [0.1, 0.15) is 0 Å². The molecule has 0 spiro atoms. The lowest BCUT2D eigenvalue weighted by Crippen LogP contribution is -2.20. The average molecular weight is 273 g/mol. The molecule has 0 unspecified atom stereocenters. The molecule has 0 heterocycles. The van der Waals surface area contributed by atoms with Crippen molar-refractivity contribution in [1.82, 2.24) is 0 Å². The Kier molecular flexibility index (Phi) is 6.45. The predicted molar refractivity (Wildman–Crippen MR) is 91.0 cm³/mol. The van der Waals surface area contributed by atoms with E-state index >= 15 is 0 Å². The lowest BCUT2D eigenvalue weighted by Gasteiger charge is -2.21. The summed E-state index contributed by atoms with van der Waals surface area (Å²) in [5.74, 6) is 1.71. The highest BCUT2D eigenvalue weighted by Crippen LogP contribution is 2.23. The van der Waals surface area contributed by atoms with Gasteiger partial charge in [-0.25, -0.2) is 0 Å². The second-order valence-corrected chi connectivity index (χ2v) is 6.69. The Hall–Kier alpha value is -1.11. The third kappa shape index (κ3) is 4.19. The molecule has 1 nitrogen and oxygen atoms in total. The monoisotopic (exact) mass is 273 g/mol. The van der Waals surface area contributed by atoms with Gasteiger partial charge in [-0.2, -0.15) is 0 Å². The highest BCUT2D eigenvalue weighted by atomic mass is 14.8. The van der Waals surface area contributed by atoms with Gasteiger partial charge < -0.3 is 0 Å². The van der Waals surface area contributed by atoms with E-state index in [2.05, 4.69) is 72.9 Å². The number of rotatable bonds is 6. The van der Waals surface area contributed by atoms with Crippen LogP contribution in [0.25, 0.3) is 0 Å². The Bertz CT molecular complexity index is 433. The van der Waals surface area contributed by atoms with Crippen LogP contribution >= 0.6 is 0 Å². The highest BCUT2D eigenvalue weighted by molar-refractivity contribution is 5.84. The van der Waals surface area contributed by atoms with E-state index in [-0.39, 0.29) is 0 Å². The van der Waals surface area contributed by atoms with E-state index in [4.69, 9.17) is 4.99 Å². The Balaban J connectivity index is 3.18. The second kappa shape index (κ2) is 7.61. The molecule has 20 heavy (non-hydrogen) atoms. The van der Waals surface area contributed by atoms with Crippen molar-refractivity contribution in [2.45, 2.75) is 66.8 Å². The molecule has 1 heteroatoms. The van der Waals surface area contributed by atoms with Crippen LogP contribution in [-0.2, 0) is 6.42 Å². The summed E-state index contributed by atoms with van der Waals surface area (Å²) < 4.78 is 0. The molecule has 112 valence electrons. The zero-order chi connectivity index (χ0) is 15.3. The first-order chi connectivity index (χ1) is 9.38. The topological polar surface area (TPSA) is 12.4 Å². The largest absolute Gasteiger partial charge is 0.289 e. The van der Waals surface area contributed by atoms with Crippen molar-refractivity contribution in [3.63, 3.8) is 0 Å². The highest BCUT2D eigenvalue weighted by Gasteiger charge is 2.16. The molecule has 0 atom stereocenters.